The van der Waals surface area contributed by atoms with E-state index in [1.165, 1.54) is 18.2 Å². The Labute approximate surface area is 132 Å². The van der Waals surface area contributed by atoms with E-state index in [0.29, 0.717) is 5.82 Å². The molecule has 23 heavy (non-hydrogen) atoms. The highest BCUT2D eigenvalue weighted by molar-refractivity contribution is 5.90. The summed E-state index contributed by atoms with van der Waals surface area (Å²) >= 11 is 0. The van der Waals surface area contributed by atoms with Gasteiger partial charge in [-0.2, -0.15) is 0 Å². The number of benzene rings is 1. The van der Waals surface area contributed by atoms with Crippen molar-refractivity contribution in [2.24, 2.45) is 5.73 Å². The molecule has 1 aromatic heterocycles. The number of pyridine rings is 1. The largest absolute Gasteiger partial charge is 0.352 e. The minimum absolute atomic E-state index is 0.167. The maximum Gasteiger partial charge on any atom is 0.312 e. The van der Waals surface area contributed by atoms with Gasteiger partial charge in [0, 0.05) is 11.3 Å². The first-order valence-electron chi connectivity index (χ1n) is 6.99. The number of nitrogens with one attached hydrogen (secondary N) is 2. The molecule has 1 atom stereocenters. The smallest absolute Gasteiger partial charge is 0.312 e. The van der Waals surface area contributed by atoms with Crippen LogP contribution in [-0.2, 0) is 4.79 Å². The highest BCUT2D eigenvalue weighted by Crippen LogP contribution is 2.20. The predicted molar refractivity (Wildman–Crippen MR) is 84.1 cm³/mol. The van der Waals surface area contributed by atoms with Crippen LogP contribution in [0.15, 0.2) is 42.5 Å². The SMILES string of the molecule is Cc1cccc(NC(=O)CC(NC(N)=O)c2ccccc2F)n1. The molecule has 0 saturated carbocycles. The van der Waals surface area contributed by atoms with Gasteiger partial charge in [0.2, 0.25) is 5.91 Å². The third kappa shape index (κ3) is 4.77. The van der Waals surface area contributed by atoms with Crippen molar-refractivity contribution in [1.29, 1.82) is 0 Å². The molecular formula is C16H17FN4O2. The fourth-order valence-electron chi connectivity index (χ4n) is 2.16. The second-order valence-electron chi connectivity index (χ2n) is 5.00. The number of hydrogen-bond donors (Lipinski definition) is 3. The lowest BCUT2D eigenvalue weighted by Crippen LogP contribution is -2.35. The fraction of sp³-hybridized carbons (Fsp3) is 0.188. The number of nitrogens with zero attached hydrogens (tertiary/aromatic N) is 1. The highest BCUT2D eigenvalue weighted by Gasteiger charge is 2.20. The van der Waals surface area contributed by atoms with Crippen molar-refractivity contribution in [1.82, 2.24) is 10.3 Å². The van der Waals surface area contributed by atoms with Gasteiger partial charge in [0.25, 0.3) is 0 Å². The van der Waals surface area contributed by atoms with Crippen LogP contribution in [0.5, 0.6) is 0 Å². The van der Waals surface area contributed by atoms with Gasteiger partial charge in [-0.15, -0.1) is 0 Å². The predicted octanol–water partition coefficient (Wildman–Crippen LogP) is 2.27. The fourth-order valence-corrected chi connectivity index (χ4v) is 2.16. The van der Waals surface area contributed by atoms with Crippen molar-refractivity contribution in [3.63, 3.8) is 0 Å². The first kappa shape index (κ1) is 16.4. The Morgan fingerprint density at radius 1 is 1.22 bits per heavy atom. The molecule has 0 fully saturated rings. The standard InChI is InChI=1S/C16H17FN4O2/c1-10-5-4-8-14(19-10)21-15(22)9-13(20-16(18)23)11-6-2-3-7-12(11)17/h2-8,13H,9H2,1H3,(H3,18,20,23)(H,19,21,22). The molecule has 0 aliphatic heterocycles. The van der Waals surface area contributed by atoms with E-state index >= 15 is 0 Å². The molecule has 1 heterocycles. The molecular weight excluding hydrogens is 299 g/mol. The van der Waals surface area contributed by atoms with Crippen LogP contribution in [0.1, 0.15) is 23.7 Å². The van der Waals surface area contributed by atoms with Crippen molar-refractivity contribution in [2.75, 3.05) is 5.32 Å². The number of aryl methyl sites for hydroxylation is 1. The summed E-state index contributed by atoms with van der Waals surface area (Å²) in [7, 11) is 0. The lowest BCUT2D eigenvalue weighted by molar-refractivity contribution is -0.116. The molecule has 1 unspecified atom stereocenters. The van der Waals surface area contributed by atoms with E-state index in [4.69, 9.17) is 5.73 Å². The Balaban J connectivity index is 2.13. The Kier molecular flexibility index (Phi) is 5.24. The lowest BCUT2D eigenvalue weighted by atomic mass is 10.0. The van der Waals surface area contributed by atoms with Crippen LogP contribution in [-0.4, -0.2) is 16.9 Å². The van der Waals surface area contributed by atoms with Crippen LogP contribution < -0.4 is 16.4 Å². The summed E-state index contributed by atoms with van der Waals surface area (Å²) in [6, 6.07) is 9.40. The Bertz CT molecular complexity index is 721. The molecule has 0 spiro atoms. The topological polar surface area (TPSA) is 97.1 Å². The van der Waals surface area contributed by atoms with E-state index < -0.39 is 23.8 Å². The average Bonchev–Trinajstić information content (AvgIpc) is 2.46. The zero-order chi connectivity index (χ0) is 16.8. The van der Waals surface area contributed by atoms with Gasteiger partial charge in [-0.1, -0.05) is 24.3 Å². The summed E-state index contributed by atoms with van der Waals surface area (Å²) in [6.45, 7) is 1.80. The summed E-state index contributed by atoms with van der Waals surface area (Å²) in [5.74, 6) is -0.542. The van der Waals surface area contributed by atoms with Crippen molar-refractivity contribution < 1.29 is 14.0 Å². The number of anilines is 1. The van der Waals surface area contributed by atoms with Crippen LogP contribution >= 0.6 is 0 Å². The van der Waals surface area contributed by atoms with Crippen LogP contribution in [0.4, 0.5) is 15.0 Å². The average molecular weight is 316 g/mol. The van der Waals surface area contributed by atoms with E-state index in [1.54, 1.807) is 31.2 Å². The van der Waals surface area contributed by atoms with Gasteiger partial charge in [0.15, 0.2) is 0 Å². The molecule has 0 aliphatic rings. The van der Waals surface area contributed by atoms with Gasteiger partial charge in [0.1, 0.15) is 11.6 Å². The van der Waals surface area contributed by atoms with E-state index in [1.807, 2.05) is 0 Å². The monoisotopic (exact) mass is 316 g/mol. The summed E-state index contributed by atoms with van der Waals surface area (Å²) < 4.78 is 13.9. The normalized spacial score (nSPS) is 11.6. The van der Waals surface area contributed by atoms with Gasteiger partial charge in [0.05, 0.1) is 12.5 Å². The van der Waals surface area contributed by atoms with E-state index in [0.717, 1.165) is 5.69 Å². The summed E-state index contributed by atoms with van der Waals surface area (Å²) in [6.07, 6.45) is -0.167. The molecule has 2 rings (SSSR count). The van der Waals surface area contributed by atoms with E-state index in [-0.39, 0.29) is 12.0 Å². The molecule has 0 radical (unpaired) electrons. The highest BCUT2D eigenvalue weighted by atomic mass is 19.1. The van der Waals surface area contributed by atoms with Gasteiger partial charge in [-0.25, -0.2) is 14.2 Å². The van der Waals surface area contributed by atoms with Crippen molar-refractivity contribution in [3.8, 4) is 0 Å². The summed E-state index contributed by atoms with van der Waals surface area (Å²) in [4.78, 5) is 27.4. The van der Waals surface area contributed by atoms with Gasteiger partial charge in [-0.3, -0.25) is 4.79 Å². The number of halogens is 1. The molecule has 0 saturated heterocycles. The van der Waals surface area contributed by atoms with E-state index in [9.17, 15) is 14.0 Å². The van der Waals surface area contributed by atoms with Crippen molar-refractivity contribution in [3.05, 3.63) is 59.5 Å². The summed E-state index contributed by atoms with van der Waals surface area (Å²) in [5, 5.41) is 4.99. The first-order valence-corrected chi connectivity index (χ1v) is 6.99. The third-order valence-corrected chi connectivity index (χ3v) is 3.14. The molecule has 4 N–H and O–H groups in total. The number of hydrogen-bond acceptors (Lipinski definition) is 3. The summed E-state index contributed by atoms with van der Waals surface area (Å²) in [5.41, 5.74) is 6.06. The number of carbonyl (C=O) groups is 2. The zero-order valence-electron chi connectivity index (χ0n) is 12.5. The molecule has 2 aromatic rings. The number of carbonyl (C=O) groups excluding carboxylic acids is 2. The number of amides is 3. The van der Waals surface area contributed by atoms with Crippen LogP contribution in [0, 0.1) is 12.7 Å². The number of urea groups is 1. The first-order chi connectivity index (χ1) is 11.0. The number of rotatable bonds is 5. The van der Waals surface area contributed by atoms with Gasteiger partial charge < -0.3 is 16.4 Å². The minimum atomic E-state index is -0.862. The number of nitrogens with two attached hydrogens (primary N) is 1. The van der Waals surface area contributed by atoms with Crippen molar-refractivity contribution in [2.45, 2.75) is 19.4 Å². The van der Waals surface area contributed by atoms with Crippen molar-refractivity contribution >= 4 is 17.8 Å². The molecule has 6 nitrogen and oxygen atoms in total. The molecule has 3 amide bonds. The Morgan fingerprint density at radius 2 is 1.96 bits per heavy atom. The number of primary amides is 1. The number of aromatic nitrogens is 1. The van der Waals surface area contributed by atoms with Crippen LogP contribution in [0.3, 0.4) is 0 Å². The zero-order valence-corrected chi connectivity index (χ0v) is 12.5. The molecule has 0 aliphatic carbocycles. The molecule has 0 bridgehead atoms. The van der Waals surface area contributed by atoms with Crippen LogP contribution in [0.2, 0.25) is 0 Å². The maximum atomic E-state index is 13.9. The van der Waals surface area contributed by atoms with Gasteiger partial charge in [-0.05, 0) is 25.1 Å². The van der Waals surface area contributed by atoms with E-state index in [2.05, 4.69) is 15.6 Å². The van der Waals surface area contributed by atoms with Gasteiger partial charge >= 0.3 is 6.03 Å². The second-order valence-corrected chi connectivity index (χ2v) is 5.00. The van der Waals surface area contributed by atoms with Crippen LogP contribution in [0.25, 0.3) is 0 Å². The molecule has 1 aromatic carbocycles. The third-order valence-electron chi connectivity index (χ3n) is 3.14. The second kappa shape index (κ2) is 7.35. The Morgan fingerprint density at radius 3 is 2.61 bits per heavy atom. The molecule has 7 heteroatoms. The maximum absolute atomic E-state index is 13.9. The molecule has 120 valence electrons. The quantitative estimate of drug-likeness (QED) is 0.789. The minimum Gasteiger partial charge on any atom is -0.352 e. The Hall–Kier alpha value is -2.96. The lowest BCUT2D eigenvalue weighted by Gasteiger charge is -2.18.